The SMILES string of the molecule is OCc1ccc(Oc2cc(C(F)(F)F)ccn2)cc1. The molecular weight excluding hydrogens is 259 g/mol. The van der Waals surface area contributed by atoms with E-state index in [0.29, 0.717) is 11.3 Å². The number of aromatic nitrogens is 1. The molecule has 1 heterocycles. The van der Waals surface area contributed by atoms with E-state index in [2.05, 4.69) is 4.98 Å². The number of pyridine rings is 1. The number of ether oxygens (including phenoxy) is 1. The van der Waals surface area contributed by atoms with Crippen LogP contribution in [0, 0.1) is 0 Å². The highest BCUT2D eigenvalue weighted by atomic mass is 19.4. The van der Waals surface area contributed by atoms with Crippen LogP contribution in [0.1, 0.15) is 11.1 Å². The highest BCUT2D eigenvalue weighted by Gasteiger charge is 2.30. The van der Waals surface area contributed by atoms with Gasteiger partial charge in [0.25, 0.3) is 0 Å². The van der Waals surface area contributed by atoms with Crippen LogP contribution in [0.25, 0.3) is 0 Å². The van der Waals surface area contributed by atoms with E-state index < -0.39 is 11.7 Å². The molecule has 6 heteroatoms. The van der Waals surface area contributed by atoms with Gasteiger partial charge in [0, 0.05) is 12.3 Å². The molecule has 0 unspecified atom stereocenters. The molecule has 0 aliphatic rings. The molecule has 1 aromatic carbocycles. The zero-order valence-corrected chi connectivity index (χ0v) is 9.69. The lowest BCUT2D eigenvalue weighted by atomic mass is 10.2. The van der Waals surface area contributed by atoms with Gasteiger partial charge in [-0.1, -0.05) is 12.1 Å². The summed E-state index contributed by atoms with van der Waals surface area (Å²) in [7, 11) is 0. The van der Waals surface area contributed by atoms with Gasteiger partial charge in [-0.25, -0.2) is 4.98 Å². The standard InChI is InChI=1S/C13H10F3NO2/c14-13(15,16)10-5-6-17-12(7-10)19-11-3-1-9(8-18)2-4-11/h1-7,18H,8H2. The summed E-state index contributed by atoms with van der Waals surface area (Å²) >= 11 is 0. The van der Waals surface area contributed by atoms with Crippen LogP contribution in [-0.4, -0.2) is 10.1 Å². The predicted molar refractivity (Wildman–Crippen MR) is 61.7 cm³/mol. The fourth-order valence-electron chi connectivity index (χ4n) is 1.43. The van der Waals surface area contributed by atoms with Crippen molar-refractivity contribution < 1.29 is 23.0 Å². The second kappa shape index (κ2) is 5.27. The molecule has 100 valence electrons. The number of hydrogen-bond acceptors (Lipinski definition) is 3. The van der Waals surface area contributed by atoms with Crippen LogP contribution in [0.4, 0.5) is 13.2 Å². The summed E-state index contributed by atoms with van der Waals surface area (Å²) in [5.74, 6) is 0.218. The minimum Gasteiger partial charge on any atom is -0.439 e. The average Bonchev–Trinajstić information content (AvgIpc) is 2.39. The Labute approximate surface area is 107 Å². The Bertz CT molecular complexity index is 553. The lowest BCUT2D eigenvalue weighted by Crippen LogP contribution is -2.05. The Balaban J connectivity index is 2.18. The summed E-state index contributed by atoms with van der Waals surface area (Å²) in [5, 5.41) is 8.87. The highest BCUT2D eigenvalue weighted by molar-refractivity contribution is 5.32. The molecular formula is C13H10F3NO2. The molecule has 0 aliphatic heterocycles. The number of rotatable bonds is 3. The van der Waals surface area contributed by atoms with Crippen molar-refractivity contribution >= 4 is 0 Å². The van der Waals surface area contributed by atoms with Crippen LogP contribution >= 0.6 is 0 Å². The van der Waals surface area contributed by atoms with E-state index in [-0.39, 0.29) is 12.5 Å². The maximum absolute atomic E-state index is 12.5. The smallest absolute Gasteiger partial charge is 0.416 e. The summed E-state index contributed by atoms with van der Waals surface area (Å²) in [4.78, 5) is 3.72. The molecule has 0 saturated heterocycles. The van der Waals surface area contributed by atoms with Gasteiger partial charge >= 0.3 is 6.18 Å². The van der Waals surface area contributed by atoms with E-state index in [0.717, 1.165) is 18.3 Å². The van der Waals surface area contributed by atoms with E-state index in [4.69, 9.17) is 9.84 Å². The van der Waals surface area contributed by atoms with Gasteiger partial charge in [-0.3, -0.25) is 0 Å². The topological polar surface area (TPSA) is 42.4 Å². The van der Waals surface area contributed by atoms with E-state index in [9.17, 15) is 13.2 Å². The van der Waals surface area contributed by atoms with Crippen molar-refractivity contribution in [2.75, 3.05) is 0 Å². The van der Waals surface area contributed by atoms with Crippen LogP contribution in [0.2, 0.25) is 0 Å². The molecule has 0 aliphatic carbocycles. The molecule has 0 saturated carbocycles. The van der Waals surface area contributed by atoms with Gasteiger partial charge < -0.3 is 9.84 Å². The van der Waals surface area contributed by atoms with Gasteiger partial charge in [-0.05, 0) is 23.8 Å². The lowest BCUT2D eigenvalue weighted by molar-refractivity contribution is -0.137. The first kappa shape index (κ1) is 13.4. The molecule has 3 nitrogen and oxygen atoms in total. The molecule has 1 N–H and O–H groups in total. The van der Waals surface area contributed by atoms with Crippen molar-refractivity contribution in [2.45, 2.75) is 12.8 Å². The van der Waals surface area contributed by atoms with Crippen molar-refractivity contribution in [1.82, 2.24) is 4.98 Å². The predicted octanol–water partition coefficient (Wildman–Crippen LogP) is 3.39. The average molecular weight is 269 g/mol. The van der Waals surface area contributed by atoms with Gasteiger partial charge in [-0.15, -0.1) is 0 Å². The Morgan fingerprint density at radius 2 is 1.79 bits per heavy atom. The number of alkyl halides is 3. The zero-order valence-electron chi connectivity index (χ0n) is 9.69. The maximum atomic E-state index is 12.5. The zero-order chi connectivity index (χ0) is 13.9. The second-order valence-electron chi connectivity index (χ2n) is 3.78. The first-order valence-electron chi connectivity index (χ1n) is 5.40. The first-order valence-corrected chi connectivity index (χ1v) is 5.40. The molecule has 19 heavy (non-hydrogen) atoms. The lowest BCUT2D eigenvalue weighted by Gasteiger charge is -2.09. The van der Waals surface area contributed by atoms with Crippen molar-refractivity contribution in [2.24, 2.45) is 0 Å². The minimum absolute atomic E-state index is 0.109. The molecule has 0 atom stereocenters. The minimum atomic E-state index is -4.43. The molecule has 2 aromatic rings. The molecule has 0 bridgehead atoms. The third kappa shape index (κ3) is 3.45. The van der Waals surface area contributed by atoms with Crippen molar-refractivity contribution in [3.63, 3.8) is 0 Å². The largest absolute Gasteiger partial charge is 0.439 e. The number of nitrogens with zero attached hydrogens (tertiary/aromatic N) is 1. The quantitative estimate of drug-likeness (QED) is 0.928. The first-order chi connectivity index (χ1) is 8.99. The van der Waals surface area contributed by atoms with Gasteiger partial charge in [0.1, 0.15) is 5.75 Å². The summed E-state index contributed by atoms with van der Waals surface area (Å²) < 4.78 is 42.7. The van der Waals surface area contributed by atoms with Gasteiger partial charge in [0.15, 0.2) is 0 Å². The molecule has 2 rings (SSSR count). The second-order valence-corrected chi connectivity index (χ2v) is 3.78. The van der Waals surface area contributed by atoms with Gasteiger partial charge in [-0.2, -0.15) is 13.2 Å². The number of benzene rings is 1. The van der Waals surface area contributed by atoms with Crippen LogP contribution in [0.15, 0.2) is 42.6 Å². The number of halogens is 3. The molecule has 1 aromatic heterocycles. The Morgan fingerprint density at radius 3 is 2.37 bits per heavy atom. The monoisotopic (exact) mass is 269 g/mol. The molecule has 0 spiro atoms. The Hall–Kier alpha value is -2.08. The summed E-state index contributed by atoms with van der Waals surface area (Å²) in [5.41, 5.74) is -0.131. The fourth-order valence-corrected chi connectivity index (χ4v) is 1.43. The van der Waals surface area contributed by atoms with E-state index in [1.54, 1.807) is 24.3 Å². The highest BCUT2D eigenvalue weighted by Crippen LogP contribution is 2.31. The van der Waals surface area contributed by atoms with Gasteiger partial charge in [0.05, 0.1) is 12.2 Å². The van der Waals surface area contributed by atoms with Crippen molar-refractivity contribution in [3.8, 4) is 11.6 Å². The Morgan fingerprint density at radius 1 is 1.11 bits per heavy atom. The molecule has 0 radical (unpaired) electrons. The van der Waals surface area contributed by atoms with E-state index >= 15 is 0 Å². The van der Waals surface area contributed by atoms with Crippen LogP contribution < -0.4 is 4.74 Å². The van der Waals surface area contributed by atoms with Crippen LogP contribution in [0.3, 0.4) is 0 Å². The fraction of sp³-hybridized carbons (Fsp3) is 0.154. The molecule has 0 amide bonds. The number of aliphatic hydroxyl groups is 1. The Kier molecular flexibility index (Phi) is 3.71. The van der Waals surface area contributed by atoms with Crippen LogP contribution in [0.5, 0.6) is 11.6 Å². The molecule has 0 fully saturated rings. The third-order valence-corrected chi connectivity index (χ3v) is 2.39. The summed E-state index contributed by atoms with van der Waals surface area (Å²) in [6.07, 6.45) is -3.39. The van der Waals surface area contributed by atoms with E-state index in [1.165, 1.54) is 0 Å². The van der Waals surface area contributed by atoms with Crippen LogP contribution in [-0.2, 0) is 12.8 Å². The van der Waals surface area contributed by atoms with Gasteiger partial charge in [0.2, 0.25) is 5.88 Å². The van der Waals surface area contributed by atoms with E-state index in [1.807, 2.05) is 0 Å². The summed E-state index contributed by atoms with van der Waals surface area (Å²) in [6.45, 7) is -0.109. The summed E-state index contributed by atoms with van der Waals surface area (Å²) in [6, 6.07) is 8.04. The number of hydrogen-bond donors (Lipinski definition) is 1. The van der Waals surface area contributed by atoms with Crippen molar-refractivity contribution in [3.05, 3.63) is 53.7 Å². The normalized spacial score (nSPS) is 11.4. The maximum Gasteiger partial charge on any atom is 0.416 e. The van der Waals surface area contributed by atoms with Crippen molar-refractivity contribution in [1.29, 1.82) is 0 Å². The third-order valence-electron chi connectivity index (χ3n) is 2.39. The number of aliphatic hydroxyl groups excluding tert-OH is 1.